The number of thiophene rings is 1. The monoisotopic (exact) mass is 416 g/mol. The number of thioether (sulfide) groups is 1. The van der Waals surface area contributed by atoms with Crippen LogP contribution in [0.15, 0.2) is 34.5 Å². The summed E-state index contributed by atoms with van der Waals surface area (Å²) in [7, 11) is 1.72. The Bertz CT molecular complexity index is 1060. The smallest absolute Gasteiger partial charge is 0.262 e. The van der Waals surface area contributed by atoms with Gasteiger partial charge in [-0.05, 0) is 37.0 Å². The fraction of sp³-hybridized carbons (Fsp3) is 0.400. The minimum absolute atomic E-state index is 0.0624. The molecular weight excluding hydrogens is 392 g/mol. The van der Waals surface area contributed by atoms with Gasteiger partial charge in [-0.2, -0.15) is 0 Å². The van der Waals surface area contributed by atoms with Gasteiger partial charge in [-0.1, -0.05) is 31.7 Å². The molecule has 6 nitrogen and oxygen atoms in total. The van der Waals surface area contributed by atoms with Crippen molar-refractivity contribution in [1.82, 2.24) is 19.9 Å². The van der Waals surface area contributed by atoms with Crippen molar-refractivity contribution in [1.29, 1.82) is 0 Å². The minimum Gasteiger partial charge on any atom is -0.351 e. The molecule has 1 N–H and O–H groups in total. The van der Waals surface area contributed by atoms with Crippen LogP contribution in [0, 0.1) is 19.8 Å². The fourth-order valence-corrected chi connectivity index (χ4v) is 5.01. The van der Waals surface area contributed by atoms with Gasteiger partial charge in [-0.25, -0.2) is 4.98 Å². The SMILES string of the molecule is Cc1sc2nc(SC(C(=O)NCc3cccnc3)C(C)C)n(C)c(=O)c2c1C. The number of amides is 1. The lowest BCUT2D eigenvalue weighted by Crippen LogP contribution is -2.36. The first-order chi connectivity index (χ1) is 13.3. The molecule has 0 aliphatic carbocycles. The van der Waals surface area contributed by atoms with E-state index in [1.54, 1.807) is 24.0 Å². The van der Waals surface area contributed by atoms with Crippen LogP contribution in [0.5, 0.6) is 0 Å². The number of fused-ring (bicyclic) bond motifs is 1. The summed E-state index contributed by atoms with van der Waals surface area (Å²) in [5.74, 6) is 0.00930. The zero-order chi connectivity index (χ0) is 20.4. The highest BCUT2D eigenvalue weighted by Gasteiger charge is 2.26. The summed E-state index contributed by atoms with van der Waals surface area (Å²) < 4.78 is 1.55. The third-order valence-corrected chi connectivity index (χ3v) is 7.34. The van der Waals surface area contributed by atoms with Crippen LogP contribution in [-0.4, -0.2) is 25.7 Å². The first kappa shape index (κ1) is 20.5. The Kier molecular flexibility index (Phi) is 6.20. The highest BCUT2D eigenvalue weighted by atomic mass is 32.2. The normalized spacial score (nSPS) is 12.5. The summed E-state index contributed by atoms with van der Waals surface area (Å²) in [5.41, 5.74) is 1.87. The molecule has 148 valence electrons. The Morgan fingerprint density at radius 1 is 1.36 bits per heavy atom. The lowest BCUT2D eigenvalue weighted by molar-refractivity contribution is -0.121. The second-order valence-corrected chi connectivity index (χ2v) is 9.40. The van der Waals surface area contributed by atoms with Gasteiger partial charge >= 0.3 is 0 Å². The van der Waals surface area contributed by atoms with Crippen molar-refractivity contribution < 1.29 is 4.79 Å². The molecule has 1 atom stereocenters. The van der Waals surface area contributed by atoms with E-state index in [2.05, 4.69) is 10.3 Å². The zero-order valence-corrected chi connectivity index (χ0v) is 18.3. The van der Waals surface area contributed by atoms with Gasteiger partial charge in [0, 0.05) is 30.9 Å². The van der Waals surface area contributed by atoms with Gasteiger partial charge in [0.1, 0.15) is 4.83 Å². The van der Waals surface area contributed by atoms with Crippen LogP contribution in [0.2, 0.25) is 0 Å². The molecule has 8 heteroatoms. The molecule has 0 aliphatic heterocycles. The van der Waals surface area contributed by atoms with Crippen LogP contribution in [0.4, 0.5) is 0 Å². The molecule has 0 aliphatic rings. The predicted octanol–water partition coefficient (Wildman–Crippen LogP) is 3.44. The van der Waals surface area contributed by atoms with Crippen molar-refractivity contribution in [2.75, 3.05) is 0 Å². The van der Waals surface area contributed by atoms with Gasteiger partial charge in [0.15, 0.2) is 5.16 Å². The molecule has 0 radical (unpaired) electrons. The Morgan fingerprint density at radius 3 is 2.75 bits per heavy atom. The van der Waals surface area contributed by atoms with E-state index in [1.165, 1.54) is 23.1 Å². The van der Waals surface area contributed by atoms with E-state index in [0.717, 1.165) is 20.8 Å². The van der Waals surface area contributed by atoms with Crippen LogP contribution in [-0.2, 0) is 18.4 Å². The Balaban J connectivity index is 1.85. The number of hydrogen-bond acceptors (Lipinski definition) is 6. The quantitative estimate of drug-likeness (QED) is 0.492. The molecule has 1 unspecified atom stereocenters. The molecule has 0 fully saturated rings. The number of aromatic nitrogens is 3. The van der Waals surface area contributed by atoms with Crippen LogP contribution in [0.3, 0.4) is 0 Å². The van der Waals surface area contributed by atoms with Crippen LogP contribution < -0.4 is 10.9 Å². The number of nitrogens with zero attached hydrogens (tertiary/aromatic N) is 3. The maximum absolute atomic E-state index is 12.8. The molecule has 0 spiro atoms. The van der Waals surface area contributed by atoms with Gasteiger partial charge in [0.2, 0.25) is 5.91 Å². The predicted molar refractivity (Wildman–Crippen MR) is 115 cm³/mol. The molecule has 3 rings (SSSR count). The summed E-state index contributed by atoms with van der Waals surface area (Å²) in [6, 6.07) is 3.77. The van der Waals surface area contributed by atoms with Gasteiger partial charge in [-0.15, -0.1) is 11.3 Å². The van der Waals surface area contributed by atoms with Gasteiger partial charge in [0.25, 0.3) is 5.56 Å². The molecule has 0 bridgehead atoms. The van der Waals surface area contributed by atoms with Crippen LogP contribution >= 0.6 is 23.1 Å². The van der Waals surface area contributed by atoms with Crippen molar-refractivity contribution >= 4 is 39.2 Å². The van der Waals surface area contributed by atoms with Crippen molar-refractivity contribution in [3.8, 4) is 0 Å². The van der Waals surface area contributed by atoms with Crippen molar-refractivity contribution in [3.05, 3.63) is 50.9 Å². The molecule has 3 heterocycles. The number of aryl methyl sites for hydroxylation is 2. The largest absolute Gasteiger partial charge is 0.351 e. The van der Waals surface area contributed by atoms with Crippen LogP contribution in [0.1, 0.15) is 29.9 Å². The number of pyridine rings is 1. The summed E-state index contributed by atoms with van der Waals surface area (Å²) >= 11 is 2.86. The first-order valence-corrected chi connectivity index (χ1v) is 10.8. The van der Waals surface area contributed by atoms with Crippen molar-refractivity contribution in [2.45, 2.75) is 44.6 Å². The Labute approximate surface area is 172 Å². The zero-order valence-electron chi connectivity index (χ0n) is 16.6. The third-order valence-electron chi connectivity index (χ3n) is 4.66. The molecular formula is C20H24N4O2S2. The minimum atomic E-state index is -0.352. The average molecular weight is 417 g/mol. The van der Waals surface area contributed by atoms with E-state index < -0.39 is 0 Å². The van der Waals surface area contributed by atoms with Crippen LogP contribution in [0.25, 0.3) is 10.2 Å². The number of carbonyl (C=O) groups excluding carboxylic acids is 1. The average Bonchev–Trinajstić information content (AvgIpc) is 2.96. The van der Waals surface area contributed by atoms with Gasteiger partial charge < -0.3 is 5.32 Å². The molecule has 28 heavy (non-hydrogen) atoms. The van der Waals surface area contributed by atoms with Crippen molar-refractivity contribution in [3.63, 3.8) is 0 Å². The van der Waals surface area contributed by atoms with E-state index in [-0.39, 0.29) is 22.6 Å². The fourth-order valence-electron chi connectivity index (χ4n) is 2.86. The van der Waals surface area contributed by atoms with E-state index in [9.17, 15) is 9.59 Å². The molecule has 0 aromatic carbocycles. The highest BCUT2D eigenvalue weighted by molar-refractivity contribution is 8.00. The standard InChI is InChI=1S/C20H24N4O2S2/c1-11(2)16(17(25)22-10-14-7-6-8-21-9-14)28-20-23-18-15(19(26)24(20)5)12(3)13(4)27-18/h6-9,11,16H,10H2,1-5H3,(H,22,25). The maximum atomic E-state index is 12.8. The van der Waals surface area contributed by atoms with Gasteiger partial charge in [0.05, 0.1) is 10.6 Å². The number of nitrogens with one attached hydrogen (secondary N) is 1. The molecule has 0 saturated carbocycles. The molecule has 0 saturated heterocycles. The summed E-state index contributed by atoms with van der Waals surface area (Å²) in [5, 5.41) is 3.86. The maximum Gasteiger partial charge on any atom is 0.262 e. The Morgan fingerprint density at radius 2 is 2.11 bits per heavy atom. The van der Waals surface area contributed by atoms with E-state index in [4.69, 9.17) is 4.98 Å². The number of rotatable bonds is 6. The molecule has 3 aromatic heterocycles. The van der Waals surface area contributed by atoms with Crippen molar-refractivity contribution in [2.24, 2.45) is 13.0 Å². The second kappa shape index (κ2) is 8.45. The summed E-state index contributed by atoms with van der Waals surface area (Å²) in [4.78, 5) is 36.2. The first-order valence-electron chi connectivity index (χ1n) is 9.09. The Hall–Kier alpha value is -2.19. The highest BCUT2D eigenvalue weighted by Crippen LogP contribution is 2.31. The lowest BCUT2D eigenvalue weighted by atomic mass is 10.1. The third kappa shape index (κ3) is 4.12. The number of hydrogen-bond donors (Lipinski definition) is 1. The molecule has 1 amide bonds. The van der Waals surface area contributed by atoms with E-state index >= 15 is 0 Å². The van der Waals surface area contributed by atoms with E-state index in [1.807, 2.05) is 39.8 Å². The van der Waals surface area contributed by atoms with Gasteiger partial charge in [-0.3, -0.25) is 19.1 Å². The topological polar surface area (TPSA) is 76.9 Å². The van der Waals surface area contributed by atoms with E-state index in [0.29, 0.717) is 17.1 Å². The lowest BCUT2D eigenvalue weighted by Gasteiger charge is -2.20. The number of carbonyl (C=O) groups is 1. The second-order valence-electron chi connectivity index (χ2n) is 7.08. The summed E-state index contributed by atoms with van der Waals surface area (Å²) in [6.45, 7) is 8.36. The molecule has 3 aromatic rings. The summed E-state index contributed by atoms with van der Waals surface area (Å²) in [6.07, 6.45) is 3.44.